The largest absolute Gasteiger partial charge is 0.389 e. The molecule has 5 rings (SSSR count). The summed E-state index contributed by atoms with van der Waals surface area (Å²) in [7, 11) is -2.33. The van der Waals surface area contributed by atoms with Crippen LogP contribution < -0.4 is 20.3 Å². The predicted octanol–water partition coefficient (Wildman–Crippen LogP) is 3.99. The minimum Gasteiger partial charge on any atom is -0.389 e. The fraction of sp³-hybridized carbons (Fsp3) is 0.278. The van der Waals surface area contributed by atoms with Gasteiger partial charge in [-0.2, -0.15) is 0 Å². The lowest BCUT2D eigenvalue weighted by atomic mass is 9.88. The molecule has 1 aliphatic heterocycles. The number of aliphatic hydroxyl groups excluding tert-OH is 1. The van der Waals surface area contributed by atoms with Crippen molar-refractivity contribution in [2.75, 3.05) is 17.6 Å². The smallest absolute Gasteiger partial charge is 0.251 e. The van der Waals surface area contributed by atoms with Gasteiger partial charge in [-0.1, -0.05) is 84.9 Å². The number of rotatable bonds is 11. The molecule has 1 heterocycles. The van der Waals surface area contributed by atoms with Crippen molar-refractivity contribution in [3.63, 3.8) is 0 Å². The average Bonchev–Trinajstić information content (AvgIpc) is 3.07. The van der Waals surface area contributed by atoms with E-state index in [0.717, 1.165) is 27.3 Å². The monoisotopic (exact) mass is 640 g/mol. The molecule has 4 N–H and O–H groups in total. The fourth-order valence-corrected chi connectivity index (χ4v) is 6.22. The van der Waals surface area contributed by atoms with Gasteiger partial charge in [0.2, 0.25) is 10.0 Å². The minimum atomic E-state index is -3.70. The highest BCUT2D eigenvalue weighted by molar-refractivity contribution is 7.92. The lowest BCUT2D eigenvalue weighted by Gasteiger charge is -2.34. The molecule has 46 heavy (non-hydrogen) atoms. The molecule has 9 nitrogen and oxygen atoms in total. The molecule has 240 valence electrons. The van der Waals surface area contributed by atoms with Crippen LogP contribution in [0, 0.1) is 0 Å². The van der Waals surface area contributed by atoms with E-state index in [9.17, 15) is 23.1 Å². The van der Waals surface area contributed by atoms with Crippen molar-refractivity contribution in [1.82, 2.24) is 16.0 Å². The van der Waals surface area contributed by atoms with Crippen LogP contribution in [-0.2, 0) is 29.4 Å². The third-order valence-electron chi connectivity index (χ3n) is 8.50. The van der Waals surface area contributed by atoms with Crippen molar-refractivity contribution in [1.29, 1.82) is 0 Å². The molecule has 2 amide bonds. The lowest BCUT2D eigenvalue weighted by Crippen LogP contribution is -2.55. The molecule has 0 saturated carbocycles. The zero-order chi connectivity index (χ0) is 32.8. The molecule has 0 bridgehead atoms. The van der Waals surface area contributed by atoms with E-state index in [1.165, 1.54) is 30.8 Å². The van der Waals surface area contributed by atoms with Gasteiger partial charge >= 0.3 is 0 Å². The Hall–Kier alpha value is -4.51. The maximum atomic E-state index is 13.9. The van der Waals surface area contributed by atoms with Gasteiger partial charge in [-0.3, -0.25) is 13.9 Å². The maximum Gasteiger partial charge on any atom is 0.251 e. The van der Waals surface area contributed by atoms with Crippen molar-refractivity contribution < 1.29 is 23.1 Å². The van der Waals surface area contributed by atoms with E-state index < -0.39 is 34.0 Å². The molecule has 0 fully saturated rings. The van der Waals surface area contributed by atoms with Gasteiger partial charge in [0.25, 0.3) is 11.8 Å². The summed E-state index contributed by atoms with van der Waals surface area (Å²) in [6, 6.07) is 30.1. The van der Waals surface area contributed by atoms with Gasteiger partial charge in [0.05, 0.1) is 30.1 Å². The molecule has 4 unspecified atom stereocenters. The second-order valence-electron chi connectivity index (χ2n) is 11.8. The molecular weight excluding hydrogens is 600 g/mol. The first kappa shape index (κ1) is 32.9. The first-order valence-corrected chi connectivity index (χ1v) is 17.1. The molecule has 0 spiro atoms. The van der Waals surface area contributed by atoms with E-state index in [4.69, 9.17) is 0 Å². The van der Waals surface area contributed by atoms with Crippen LogP contribution in [0.3, 0.4) is 0 Å². The predicted molar refractivity (Wildman–Crippen MR) is 180 cm³/mol. The van der Waals surface area contributed by atoms with Crippen LogP contribution in [0.1, 0.15) is 55.9 Å². The van der Waals surface area contributed by atoms with Crippen LogP contribution >= 0.6 is 0 Å². The Morgan fingerprint density at radius 1 is 0.870 bits per heavy atom. The molecule has 0 radical (unpaired) electrons. The van der Waals surface area contributed by atoms with Gasteiger partial charge in [0.1, 0.15) is 0 Å². The zero-order valence-corrected chi connectivity index (χ0v) is 27.0. The number of carbonyl (C=O) groups excluding carboxylic acids is 2. The number of sulfonamides is 1. The van der Waals surface area contributed by atoms with Crippen LogP contribution in [0.4, 0.5) is 5.69 Å². The standard InChI is InChI=1S/C36H40N4O5S/c1-24(26-14-8-5-9-15-26)38-35(42)29-19-30(21-31(20-29)40(2)46(3,44)45)36(43)39-33(18-25-12-6-4-7-13-25)34(41)32-22-27-16-10-11-17-28(27)23-37-32/h4-17,19-21,24,32-34,37,41H,18,22-23H2,1-3H3,(H,38,42)(H,39,43). The summed E-state index contributed by atoms with van der Waals surface area (Å²) in [5, 5.41) is 21.1. The Bertz CT molecular complexity index is 1780. The first-order chi connectivity index (χ1) is 22.0. The van der Waals surface area contributed by atoms with E-state index in [-0.39, 0.29) is 28.9 Å². The van der Waals surface area contributed by atoms with Gasteiger partial charge in [0.15, 0.2) is 0 Å². The SMILES string of the molecule is CC(NC(=O)c1cc(C(=O)NC(Cc2ccccc2)C(O)C2Cc3ccccc3CN2)cc(N(C)S(C)(=O)=O)c1)c1ccccc1. The van der Waals surface area contributed by atoms with Crippen LogP contribution in [0.5, 0.6) is 0 Å². The zero-order valence-electron chi connectivity index (χ0n) is 26.2. The van der Waals surface area contributed by atoms with Crippen molar-refractivity contribution in [3.05, 3.63) is 137 Å². The number of hydrogen-bond acceptors (Lipinski definition) is 6. The highest BCUT2D eigenvalue weighted by atomic mass is 32.2. The summed E-state index contributed by atoms with van der Waals surface area (Å²) in [5.74, 6) is -0.995. The van der Waals surface area contributed by atoms with E-state index in [1.54, 1.807) is 0 Å². The summed E-state index contributed by atoms with van der Waals surface area (Å²) < 4.78 is 26.0. The lowest BCUT2D eigenvalue weighted by molar-refractivity contribution is 0.0688. The second-order valence-corrected chi connectivity index (χ2v) is 13.8. The van der Waals surface area contributed by atoms with Crippen LogP contribution in [0.2, 0.25) is 0 Å². The highest BCUT2D eigenvalue weighted by Gasteiger charge is 2.32. The maximum absolute atomic E-state index is 13.9. The minimum absolute atomic E-state index is 0.0951. The van der Waals surface area contributed by atoms with Crippen LogP contribution in [0.15, 0.2) is 103 Å². The molecule has 0 saturated heterocycles. The van der Waals surface area contributed by atoms with Crippen LogP contribution in [-0.4, -0.2) is 56.8 Å². The fourth-order valence-electron chi connectivity index (χ4n) is 5.73. The van der Waals surface area contributed by atoms with Gasteiger partial charge < -0.3 is 21.1 Å². The number of nitrogens with one attached hydrogen (secondary N) is 3. The third-order valence-corrected chi connectivity index (χ3v) is 9.71. The number of fused-ring (bicyclic) bond motifs is 1. The highest BCUT2D eigenvalue weighted by Crippen LogP contribution is 2.24. The quantitative estimate of drug-likeness (QED) is 0.196. The van der Waals surface area contributed by atoms with Crippen molar-refractivity contribution >= 4 is 27.5 Å². The molecule has 0 aliphatic carbocycles. The summed E-state index contributed by atoms with van der Waals surface area (Å²) in [5.41, 5.74) is 4.54. The molecule has 4 atom stereocenters. The molecule has 4 aromatic carbocycles. The Labute approximate surface area is 270 Å². The number of nitrogens with zero attached hydrogens (tertiary/aromatic N) is 1. The van der Waals surface area contributed by atoms with Crippen LogP contribution in [0.25, 0.3) is 0 Å². The first-order valence-electron chi connectivity index (χ1n) is 15.3. The Kier molecular flexibility index (Phi) is 10.2. The topological polar surface area (TPSA) is 128 Å². The third kappa shape index (κ3) is 8.00. The van der Waals surface area contributed by atoms with E-state index in [0.29, 0.717) is 19.4 Å². The number of carbonyl (C=O) groups is 2. The number of amides is 2. The molecular formula is C36H40N4O5S. The van der Waals surface area contributed by atoms with E-state index >= 15 is 0 Å². The summed E-state index contributed by atoms with van der Waals surface area (Å²) in [4.78, 5) is 27.4. The van der Waals surface area contributed by atoms with Gasteiger partial charge in [0, 0.05) is 30.8 Å². The Morgan fingerprint density at radius 3 is 2.07 bits per heavy atom. The second kappa shape index (κ2) is 14.3. The number of benzene rings is 4. The molecule has 4 aromatic rings. The summed E-state index contributed by atoms with van der Waals surface area (Å²) in [6.07, 6.45) is 1.06. The Morgan fingerprint density at radius 2 is 1.43 bits per heavy atom. The normalized spacial score (nSPS) is 16.4. The van der Waals surface area contributed by atoms with Crippen molar-refractivity contribution in [2.45, 2.75) is 50.5 Å². The van der Waals surface area contributed by atoms with Gasteiger partial charge in [-0.05, 0) is 60.2 Å². The summed E-state index contributed by atoms with van der Waals surface area (Å²) >= 11 is 0. The average molecular weight is 641 g/mol. The molecule has 10 heteroatoms. The number of aliphatic hydroxyl groups is 1. The van der Waals surface area contributed by atoms with Crippen molar-refractivity contribution in [2.24, 2.45) is 0 Å². The Balaban J connectivity index is 1.44. The van der Waals surface area contributed by atoms with Gasteiger partial charge in [-0.15, -0.1) is 0 Å². The summed E-state index contributed by atoms with van der Waals surface area (Å²) in [6.45, 7) is 2.45. The van der Waals surface area contributed by atoms with E-state index in [1.807, 2.05) is 79.7 Å². The molecule has 1 aliphatic rings. The van der Waals surface area contributed by atoms with Gasteiger partial charge in [-0.25, -0.2) is 8.42 Å². The van der Waals surface area contributed by atoms with Crippen molar-refractivity contribution in [3.8, 4) is 0 Å². The number of anilines is 1. The number of hydrogen-bond donors (Lipinski definition) is 4. The van der Waals surface area contributed by atoms with E-state index in [2.05, 4.69) is 28.1 Å². The molecule has 0 aromatic heterocycles.